The van der Waals surface area contributed by atoms with Crippen LogP contribution < -0.4 is 11.2 Å². The zero-order valence-electron chi connectivity index (χ0n) is 5.92. The van der Waals surface area contributed by atoms with Crippen molar-refractivity contribution in [1.82, 2.24) is 5.43 Å². The fourth-order valence-corrected chi connectivity index (χ4v) is 0.405. The molecule has 0 rings (SSSR count). The van der Waals surface area contributed by atoms with Gasteiger partial charge in [0, 0.05) is 12.1 Å². The summed E-state index contributed by atoms with van der Waals surface area (Å²) in [5, 5.41) is 3.63. The fourth-order valence-electron chi connectivity index (χ4n) is 0.405. The van der Waals surface area contributed by atoms with E-state index in [-0.39, 0.29) is 0 Å². The van der Waals surface area contributed by atoms with Crippen LogP contribution in [-0.4, -0.2) is 11.7 Å². The molecule has 0 radical (unpaired) electrons. The van der Waals surface area contributed by atoms with Crippen molar-refractivity contribution in [1.29, 1.82) is 0 Å². The molecule has 2 amide bonds. The summed E-state index contributed by atoms with van der Waals surface area (Å²) in [5.41, 5.74) is 7.64. The molecule has 4 heteroatoms. The van der Waals surface area contributed by atoms with E-state index in [0.29, 0.717) is 6.42 Å². The number of nitrogens with zero attached hydrogens (tertiary/aromatic N) is 1. The van der Waals surface area contributed by atoms with Crippen LogP contribution in [0.5, 0.6) is 0 Å². The molecular formula is C6H11N3O. The van der Waals surface area contributed by atoms with Crippen molar-refractivity contribution < 1.29 is 4.79 Å². The van der Waals surface area contributed by atoms with E-state index >= 15 is 0 Å². The Morgan fingerprint density at radius 1 is 1.90 bits per heavy atom. The normalized spacial score (nSPS) is 10.7. The van der Waals surface area contributed by atoms with Gasteiger partial charge in [0.1, 0.15) is 0 Å². The summed E-state index contributed by atoms with van der Waals surface area (Å²) < 4.78 is 0. The van der Waals surface area contributed by atoms with Gasteiger partial charge in [0.05, 0.1) is 0 Å². The maximum atomic E-state index is 10.1. The second-order valence-corrected chi connectivity index (χ2v) is 1.82. The highest BCUT2D eigenvalue weighted by atomic mass is 16.2. The number of nitrogens with one attached hydrogen (secondary N) is 1. The van der Waals surface area contributed by atoms with E-state index in [1.165, 1.54) is 0 Å². The molecule has 0 aliphatic heterocycles. The Kier molecular flexibility index (Phi) is 3.95. The Morgan fingerprint density at radius 3 is 2.90 bits per heavy atom. The van der Waals surface area contributed by atoms with Crippen LogP contribution in [0.4, 0.5) is 4.79 Å². The van der Waals surface area contributed by atoms with E-state index in [1.807, 2.05) is 0 Å². The third-order valence-electron chi connectivity index (χ3n) is 0.797. The predicted molar refractivity (Wildman–Crippen MR) is 40.6 cm³/mol. The largest absolute Gasteiger partial charge is 0.350 e. The van der Waals surface area contributed by atoms with Gasteiger partial charge in [-0.25, -0.2) is 10.2 Å². The van der Waals surface area contributed by atoms with Crippen LogP contribution in [0.3, 0.4) is 0 Å². The number of urea groups is 1. The van der Waals surface area contributed by atoms with Gasteiger partial charge in [0.15, 0.2) is 0 Å². The lowest BCUT2D eigenvalue weighted by atomic mass is 10.3. The van der Waals surface area contributed by atoms with Crippen LogP contribution in [0.1, 0.15) is 13.3 Å². The molecule has 0 bridgehead atoms. The first kappa shape index (κ1) is 8.68. The second kappa shape index (κ2) is 4.55. The lowest BCUT2D eigenvalue weighted by Gasteiger charge is -1.94. The first-order valence-corrected chi connectivity index (χ1v) is 2.86. The van der Waals surface area contributed by atoms with Gasteiger partial charge in [0.25, 0.3) is 0 Å². The standard InChI is InChI=1S/C6H11N3O/c1-3-4-5(2)8-9-6(7)10/h3H,1,4H2,2H3,(H3,7,9,10)/b8-5-. The summed E-state index contributed by atoms with van der Waals surface area (Å²) in [6.45, 7) is 5.28. The Labute approximate surface area is 59.8 Å². The Bertz CT molecular complexity index is 162. The van der Waals surface area contributed by atoms with Gasteiger partial charge in [-0.05, 0) is 6.92 Å². The lowest BCUT2D eigenvalue weighted by molar-refractivity contribution is 0.249. The molecule has 0 atom stereocenters. The Balaban J connectivity index is 3.67. The van der Waals surface area contributed by atoms with E-state index in [0.717, 1.165) is 5.71 Å². The highest BCUT2D eigenvalue weighted by Crippen LogP contribution is 1.83. The highest BCUT2D eigenvalue weighted by molar-refractivity contribution is 5.84. The maximum Gasteiger partial charge on any atom is 0.332 e. The highest BCUT2D eigenvalue weighted by Gasteiger charge is 1.87. The van der Waals surface area contributed by atoms with Crippen LogP contribution in [0.15, 0.2) is 17.8 Å². The third-order valence-corrected chi connectivity index (χ3v) is 0.797. The zero-order chi connectivity index (χ0) is 7.98. The molecule has 56 valence electrons. The van der Waals surface area contributed by atoms with E-state index in [4.69, 9.17) is 5.73 Å². The summed E-state index contributed by atoms with van der Waals surface area (Å²) in [6.07, 6.45) is 2.35. The molecule has 0 unspecified atom stereocenters. The van der Waals surface area contributed by atoms with Crippen molar-refractivity contribution in [3.63, 3.8) is 0 Å². The third kappa shape index (κ3) is 4.83. The number of carbonyl (C=O) groups is 1. The minimum absolute atomic E-state index is 0.650. The van der Waals surface area contributed by atoms with Gasteiger partial charge >= 0.3 is 6.03 Å². The number of allylic oxidation sites excluding steroid dienone is 1. The van der Waals surface area contributed by atoms with Gasteiger partial charge in [-0.2, -0.15) is 5.10 Å². The van der Waals surface area contributed by atoms with E-state index in [2.05, 4.69) is 17.1 Å². The quantitative estimate of drug-likeness (QED) is 0.337. The number of rotatable bonds is 3. The molecule has 0 aliphatic rings. The summed E-state index contributed by atoms with van der Waals surface area (Å²) in [4.78, 5) is 10.1. The Morgan fingerprint density at radius 2 is 2.50 bits per heavy atom. The lowest BCUT2D eigenvalue weighted by Crippen LogP contribution is -2.25. The van der Waals surface area contributed by atoms with Crippen LogP contribution in [-0.2, 0) is 0 Å². The summed E-state index contributed by atoms with van der Waals surface area (Å²) in [7, 11) is 0. The summed E-state index contributed by atoms with van der Waals surface area (Å²) in [5.74, 6) is 0. The van der Waals surface area contributed by atoms with E-state index < -0.39 is 6.03 Å². The molecule has 0 spiro atoms. The predicted octanol–water partition coefficient (Wildman–Crippen LogP) is 0.607. The second-order valence-electron chi connectivity index (χ2n) is 1.82. The number of primary amides is 1. The van der Waals surface area contributed by atoms with Gasteiger partial charge in [-0.15, -0.1) is 6.58 Å². The van der Waals surface area contributed by atoms with Crippen molar-refractivity contribution in [3.8, 4) is 0 Å². The van der Waals surface area contributed by atoms with Crippen molar-refractivity contribution in [2.45, 2.75) is 13.3 Å². The molecule has 0 heterocycles. The van der Waals surface area contributed by atoms with Crippen LogP contribution in [0.2, 0.25) is 0 Å². The SMILES string of the molecule is C=CC/C(C)=N\NC(N)=O. The molecule has 0 aromatic rings. The van der Waals surface area contributed by atoms with Gasteiger partial charge in [0.2, 0.25) is 0 Å². The Hall–Kier alpha value is -1.32. The van der Waals surface area contributed by atoms with Crippen LogP contribution >= 0.6 is 0 Å². The van der Waals surface area contributed by atoms with E-state index in [9.17, 15) is 4.79 Å². The maximum absolute atomic E-state index is 10.1. The van der Waals surface area contributed by atoms with Crippen LogP contribution in [0, 0.1) is 0 Å². The molecule has 3 N–H and O–H groups in total. The first-order valence-electron chi connectivity index (χ1n) is 2.86. The van der Waals surface area contributed by atoms with Crippen molar-refractivity contribution >= 4 is 11.7 Å². The first-order chi connectivity index (χ1) is 4.66. The van der Waals surface area contributed by atoms with Crippen molar-refractivity contribution in [2.24, 2.45) is 10.8 Å². The summed E-state index contributed by atoms with van der Waals surface area (Å²) >= 11 is 0. The molecule has 0 fully saturated rings. The minimum Gasteiger partial charge on any atom is -0.350 e. The van der Waals surface area contributed by atoms with Crippen LogP contribution in [0.25, 0.3) is 0 Å². The molecule has 0 aromatic heterocycles. The molecule has 4 nitrogen and oxygen atoms in total. The smallest absolute Gasteiger partial charge is 0.332 e. The molecule has 0 aliphatic carbocycles. The molecule has 0 saturated heterocycles. The molecule has 0 saturated carbocycles. The number of hydrogen-bond acceptors (Lipinski definition) is 2. The van der Waals surface area contributed by atoms with Gasteiger partial charge < -0.3 is 5.73 Å². The topological polar surface area (TPSA) is 67.5 Å². The molecule has 0 aromatic carbocycles. The number of nitrogens with two attached hydrogens (primary N) is 1. The zero-order valence-corrected chi connectivity index (χ0v) is 5.92. The molecule has 10 heavy (non-hydrogen) atoms. The van der Waals surface area contributed by atoms with Crippen molar-refractivity contribution in [3.05, 3.63) is 12.7 Å². The fraction of sp³-hybridized carbons (Fsp3) is 0.333. The van der Waals surface area contributed by atoms with Crippen molar-refractivity contribution in [2.75, 3.05) is 0 Å². The monoisotopic (exact) mass is 141 g/mol. The summed E-state index contributed by atoms with van der Waals surface area (Å²) in [6, 6.07) is -0.650. The van der Waals surface area contributed by atoms with Gasteiger partial charge in [-0.1, -0.05) is 6.08 Å². The average Bonchev–Trinajstić information content (AvgIpc) is 1.85. The average molecular weight is 141 g/mol. The number of hydrogen-bond donors (Lipinski definition) is 2. The van der Waals surface area contributed by atoms with Gasteiger partial charge in [-0.3, -0.25) is 0 Å². The number of carbonyl (C=O) groups excluding carboxylic acids is 1. The minimum atomic E-state index is -0.650. The number of hydrazone groups is 1. The molecular weight excluding hydrogens is 130 g/mol. The van der Waals surface area contributed by atoms with E-state index in [1.54, 1.807) is 13.0 Å². The number of amides is 2.